The Bertz CT molecular complexity index is 446. The van der Waals surface area contributed by atoms with Crippen LogP contribution < -0.4 is 0 Å². The molecule has 1 aromatic carbocycles. The molecule has 2 unspecified atom stereocenters. The topological polar surface area (TPSA) is 40.5 Å². The molecule has 3 nitrogen and oxygen atoms in total. The molecule has 3 heteroatoms. The number of hydrogen-bond acceptors (Lipinski definition) is 2. The van der Waals surface area contributed by atoms with Crippen molar-refractivity contribution < 1.29 is 9.90 Å². The number of nitrogens with zero attached hydrogens (tertiary/aromatic N) is 1. The lowest BCUT2D eigenvalue weighted by atomic mass is 10.0. The number of benzene rings is 1. The third-order valence-electron chi connectivity index (χ3n) is 4.49. The molecule has 1 N–H and O–H groups in total. The van der Waals surface area contributed by atoms with Crippen LogP contribution in [0, 0.1) is 5.92 Å². The van der Waals surface area contributed by atoms with E-state index in [1.165, 1.54) is 11.1 Å². The van der Waals surface area contributed by atoms with Gasteiger partial charge in [-0.15, -0.1) is 0 Å². The first-order valence-corrected chi connectivity index (χ1v) is 6.72. The first-order chi connectivity index (χ1) is 8.66. The first kappa shape index (κ1) is 11.7. The van der Waals surface area contributed by atoms with Crippen LogP contribution in [0.2, 0.25) is 0 Å². The van der Waals surface area contributed by atoms with Crippen LogP contribution in [-0.4, -0.2) is 34.6 Å². The molecule has 2 aliphatic rings. The van der Waals surface area contributed by atoms with E-state index in [2.05, 4.69) is 36.1 Å². The highest BCUT2D eigenvalue weighted by atomic mass is 16.4. The van der Waals surface area contributed by atoms with E-state index in [1.807, 2.05) is 0 Å². The second-order valence-electron chi connectivity index (χ2n) is 5.62. The van der Waals surface area contributed by atoms with Crippen LogP contribution in [0.1, 0.15) is 24.5 Å². The minimum absolute atomic E-state index is 0.270. The van der Waals surface area contributed by atoms with Gasteiger partial charge in [0.05, 0.1) is 0 Å². The van der Waals surface area contributed by atoms with E-state index in [9.17, 15) is 9.90 Å². The maximum absolute atomic E-state index is 11.4. The molecule has 18 heavy (non-hydrogen) atoms. The predicted molar refractivity (Wildman–Crippen MR) is 69.5 cm³/mol. The highest BCUT2D eigenvalue weighted by Crippen LogP contribution is 2.32. The Hall–Kier alpha value is -1.35. The number of aliphatic carboxylic acids is 1. The largest absolute Gasteiger partial charge is 0.480 e. The van der Waals surface area contributed by atoms with Gasteiger partial charge < -0.3 is 5.11 Å². The van der Waals surface area contributed by atoms with Crippen molar-refractivity contribution in [3.05, 3.63) is 35.4 Å². The van der Waals surface area contributed by atoms with Gasteiger partial charge in [0.15, 0.2) is 0 Å². The summed E-state index contributed by atoms with van der Waals surface area (Å²) in [7, 11) is 0. The fraction of sp³-hybridized carbons (Fsp3) is 0.533. The lowest BCUT2D eigenvalue weighted by molar-refractivity contribution is -0.144. The van der Waals surface area contributed by atoms with Crippen molar-refractivity contribution in [3.8, 4) is 0 Å². The molecule has 0 saturated carbocycles. The molecule has 3 rings (SSSR count). The van der Waals surface area contributed by atoms with E-state index < -0.39 is 5.97 Å². The van der Waals surface area contributed by atoms with E-state index in [4.69, 9.17) is 0 Å². The van der Waals surface area contributed by atoms with Gasteiger partial charge in [-0.3, -0.25) is 9.69 Å². The maximum Gasteiger partial charge on any atom is 0.321 e. The third kappa shape index (κ3) is 1.83. The molecule has 0 radical (unpaired) electrons. The van der Waals surface area contributed by atoms with Crippen molar-refractivity contribution in [2.45, 2.75) is 38.3 Å². The molecule has 96 valence electrons. The van der Waals surface area contributed by atoms with Crippen molar-refractivity contribution in [2.75, 3.05) is 6.54 Å². The normalized spacial score (nSPS) is 28.5. The summed E-state index contributed by atoms with van der Waals surface area (Å²) in [6.07, 6.45) is 3.02. The average molecular weight is 245 g/mol. The number of fused-ring (bicyclic) bond motifs is 1. The van der Waals surface area contributed by atoms with Gasteiger partial charge >= 0.3 is 5.97 Å². The van der Waals surface area contributed by atoms with Crippen LogP contribution in [-0.2, 0) is 17.6 Å². The van der Waals surface area contributed by atoms with E-state index in [0.717, 1.165) is 25.8 Å². The lowest BCUT2D eigenvalue weighted by Crippen LogP contribution is -2.45. The van der Waals surface area contributed by atoms with Gasteiger partial charge in [0.1, 0.15) is 6.04 Å². The molecule has 1 aromatic rings. The minimum Gasteiger partial charge on any atom is -0.480 e. The summed E-state index contributed by atoms with van der Waals surface area (Å²) in [5, 5.41) is 9.39. The van der Waals surface area contributed by atoms with E-state index in [1.54, 1.807) is 0 Å². The standard InChI is InChI=1S/C15H19NO2/c1-10-6-7-16(14(10)15(17)18)13-8-11-4-2-3-5-12(11)9-13/h2-5,10,13-14H,6-9H2,1H3,(H,17,18). The summed E-state index contributed by atoms with van der Waals surface area (Å²) >= 11 is 0. The molecule has 0 bridgehead atoms. The predicted octanol–water partition coefficient (Wildman–Crippen LogP) is 1.95. The SMILES string of the molecule is CC1CCN(C2Cc3ccccc3C2)C1C(=O)O. The summed E-state index contributed by atoms with van der Waals surface area (Å²) in [4.78, 5) is 13.6. The number of rotatable bonds is 2. The first-order valence-electron chi connectivity index (χ1n) is 6.72. The van der Waals surface area contributed by atoms with Crippen LogP contribution in [0.5, 0.6) is 0 Å². The van der Waals surface area contributed by atoms with Gasteiger partial charge in [0.2, 0.25) is 0 Å². The molecular weight excluding hydrogens is 226 g/mol. The van der Waals surface area contributed by atoms with Gasteiger partial charge in [-0.25, -0.2) is 0 Å². The Morgan fingerprint density at radius 2 is 1.89 bits per heavy atom. The molecule has 0 aromatic heterocycles. The van der Waals surface area contributed by atoms with Crippen LogP contribution in [0.25, 0.3) is 0 Å². The zero-order valence-corrected chi connectivity index (χ0v) is 10.7. The fourth-order valence-electron chi connectivity index (χ4n) is 3.54. The zero-order chi connectivity index (χ0) is 12.7. The average Bonchev–Trinajstić information content (AvgIpc) is 2.91. The summed E-state index contributed by atoms with van der Waals surface area (Å²) in [6.45, 7) is 2.98. The van der Waals surface area contributed by atoms with Crippen molar-refractivity contribution in [1.29, 1.82) is 0 Å². The molecule has 1 heterocycles. The van der Waals surface area contributed by atoms with Crippen LogP contribution in [0.4, 0.5) is 0 Å². The van der Waals surface area contributed by atoms with Crippen LogP contribution in [0.3, 0.4) is 0 Å². The van der Waals surface area contributed by atoms with E-state index in [0.29, 0.717) is 6.04 Å². The van der Waals surface area contributed by atoms with Gasteiger partial charge in [0.25, 0.3) is 0 Å². The second kappa shape index (κ2) is 4.39. The Kier molecular flexibility index (Phi) is 2.86. The molecule has 1 aliphatic heterocycles. The number of likely N-dealkylation sites (tertiary alicyclic amines) is 1. The monoisotopic (exact) mass is 245 g/mol. The van der Waals surface area contributed by atoms with Gasteiger partial charge in [-0.1, -0.05) is 31.2 Å². The Balaban J connectivity index is 1.80. The van der Waals surface area contributed by atoms with Crippen molar-refractivity contribution in [1.82, 2.24) is 4.90 Å². The molecule has 1 saturated heterocycles. The number of carboxylic acids is 1. The van der Waals surface area contributed by atoms with Crippen molar-refractivity contribution >= 4 is 5.97 Å². The van der Waals surface area contributed by atoms with E-state index >= 15 is 0 Å². The molecular formula is C15H19NO2. The number of hydrogen-bond donors (Lipinski definition) is 1. The van der Waals surface area contributed by atoms with Crippen molar-refractivity contribution in [2.24, 2.45) is 5.92 Å². The Labute approximate surface area is 107 Å². The van der Waals surface area contributed by atoms with Gasteiger partial charge in [-0.05, 0) is 42.9 Å². The Morgan fingerprint density at radius 1 is 1.28 bits per heavy atom. The number of carboxylic acid groups (broad SMARTS) is 1. The fourth-order valence-corrected chi connectivity index (χ4v) is 3.54. The summed E-state index contributed by atoms with van der Waals surface area (Å²) < 4.78 is 0. The van der Waals surface area contributed by atoms with Crippen LogP contribution in [0.15, 0.2) is 24.3 Å². The minimum atomic E-state index is -0.657. The summed E-state index contributed by atoms with van der Waals surface area (Å²) in [6, 6.07) is 8.58. The smallest absolute Gasteiger partial charge is 0.321 e. The van der Waals surface area contributed by atoms with Gasteiger partial charge in [-0.2, -0.15) is 0 Å². The maximum atomic E-state index is 11.4. The van der Waals surface area contributed by atoms with E-state index in [-0.39, 0.29) is 12.0 Å². The molecule has 2 atom stereocenters. The second-order valence-corrected chi connectivity index (χ2v) is 5.62. The summed E-state index contributed by atoms with van der Waals surface area (Å²) in [5.74, 6) is -0.387. The Morgan fingerprint density at radius 3 is 2.44 bits per heavy atom. The molecule has 0 amide bonds. The molecule has 0 spiro atoms. The lowest BCUT2D eigenvalue weighted by Gasteiger charge is -2.29. The molecule has 1 fully saturated rings. The van der Waals surface area contributed by atoms with Gasteiger partial charge in [0, 0.05) is 6.04 Å². The zero-order valence-electron chi connectivity index (χ0n) is 10.7. The molecule has 1 aliphatic carbocycles. The van der Waals surface area contributed by atoms with Crippen molar-refractivity contribution in [3.63, 3.8) is 0 Å². The number of carbonyl (C=O) groups is 1. The van der Waals surface area contributed by atoms with Crippen LogP contribution >= 0.6 is 0 Å². The quantitative estimate of drug-likeness (QED) is 0.865. The highest BCUT2D eigenvalue weighted by Gasteiger charge is 2.41. The third-order valence-corrected chi connectivity index (χ3v) is 4.49. The summed E-state index contributed by atoms with van der Waals surface area (Å²) in [5.41, 5.74) is 2.79. The highest BCUT2D eigenvalue weighted by molar-refractivity contribution is 5.74.